The third kappa shape index (κ3) is 4.97. The Morgan fingerprint density at radius 1 is 1.31 bits per heavy atom. The van der Waals surface area contributed by atoms with Crippen molar-refractivity contribution in [2.24, 2.45) is 5.92 Å². The first-order valence-electron chi connectivity index (χ1n) is 9.01. The molecule has 0 atom stereocenters. The van der Waals surface area contributed by atoms with E-state index in [9.17, 15) is 9.59 Å². The van der Waals surface area contributed by atoms with Gasteiger partial charge in [0.2, 0.25) is 5.91 Å². The number of anilines is 1. The van der Waals surface area contributed by atoms with Crippen molar-refractivity contribution in [1.29, 1.82) is 5.26 Å². The number of rotatable bonds is 6. The molecule has 0 aliphatic carbocycles. The number of halogens is 1. The molecule has 1 heterocycles. The lowest BCUT2D eigenvalue weighted by Gasteiger charge is -2.15. The van der Waals surface area contributed by atoms with Crippen LogP contribution >= 0.6 is 23.4 Å². The molecule has 1 N–H and O–H groups in total. The first-order valence-corrected chi connectivity index (χ1v) is 10.4. The maximum Gasteiger partial charge on any atom is 0.262 e. The fourth-order valence-electron chi connectivity index (χ4n) is 2.79. The smallest absolute Gasteiger partial charge is 0.262 e. The molecule has 6 nitrogen and oxygen atoms in total. The molecule has 0 bridgehead atoms. The average Bonchev–Trinajstić information content (AvgIpc) is 2.69. The van der Waals surface area contributed by atoms with Gasteiger partial charge in [0, 0.05) is 12.2 Å². The summed E-state index contributed by atoms with van der Waals surface area (Å²) in [7, 11) is 0. The third-order valence-electron chi connectivity index (χ3n) is 4.08. The molecule has 0 saturated heterocycles. The van der Waals surface area contributed by atoms with Gasteiger partial charge in [-0.3, -0.25) is 14.2 Å². The van der Waals surface area contributed by atoms with E-state index in [1.54, 1.807) is 28.8 Å². The minimum Gasteiger partial charge on any atom is -0.325 e. The minimum atomic E-state index is -0.255. The highest BCUT2D eigenvalue weighted by molar-refractivity contribution is 7.99. The van der Waals surface area contributed by atoms with Gasteiger partial charge in [0.1, 0.15) is 6.07 Å². The van der Waals surface area contributed by atoms with Crippen molar-refractivity contribution in [3.05, 3.63) is 63.4 Å². The van der Waals surface area contributed by atoms with Gasteiger partial charge in [-0.2, -0.15) is 5.26 Å². The topological polar surface area (TPSA) is 87.8 Å². The van der Waals surface area contributed by atoms with Gasteiger partial charge in [-0.15, -0.1) is 0 Å². The Morgan fingerprint density at radius 3 is 2.76 bits per heavy atom. The predicted molar refractivity (Wildman–Crippen MR) is 116 cm³/mol. The summed E-state index contributed by atoms with van der Waals surface area (Å²) < 4.78 is 1.63. The number of nitriles is 1. The van der Waals surface area contributed by atoms with Crippen LogP contribution in [0.4, 0.5) is 5.69 Å². The summed E-state index contributed by atoms with van der Waals surface area (Å²) in [6.07, 6.45) is 0. The summed E-state index contributed by atoms with van der Waals surface area (Å²) in [4.78, 5) is 29.9. The summed E-state index contributed by atoms with van der Waals surface area (Å²) in [6.45, 7) is 4.57. The summed E-state index contributed by atoms with van der Waals surface area (Å²) in [5, 5.41) is 13.0. The summed E-state index contributed by atoms with van der Waals surface area (Å²) in [5.41, 5.74) is 1.35. The molecule has 0 aliphatic rings. The summed E-state index contributed by atoms with van der Waals surface area (Å²) >= 11 is 7.21. The zero-order valence-electron chi connectivity index (χ0n) is 16.0. The molecule has 0 saturated carbocycles. The van der Waals surface area contributed by atoms with Crippen molar-refractivity contribution in [3.63, 3.8) is 0 Å². The maximum absolute atomic E-state index is 12.9. The molecule has 8 heteroatoms. The fourth-order valence-corrected chi connectivity index (χ4v) is 3.83. The number of para-hydroxylation sites is 1. The first kappa shape index (κ1) is 20.9. The zero-order valence-corrected chi connectivity index (χ0v) is 17.5. The van der Waals surface area contributed by atoms with Crippen molar-refractivity contribution < 1.29 is 4.79 Å². The normalized spacial score (nSPS) is 10.9. The highest BCUT2D eigenvalue weighted by Gasteiger charge is 2.14. The van der Waals surface area contributed by atoms with E-state index in [2.05, 4.69) is 10.3 Å². The summed E-state index contributed by atoms with van der Waals surface area (Å²) in [5.74, 6) is 0.0828. The van der Waals surface area contributed by atoms with Crippen LogP contribution in [0.15, 0.2) is 52.4 Å². The number of fused-ring (bicyclic) bond motifs is 1. The number of amides is 1. The predicted octanol–water partition coefficient (Wildman–Crippen LogP) is 4.31. The van der Waals surface area contributed by atoms with Gasteiger partial charge < -0.3 is 5.32 Å². The van der Waals surface area contributed by atoms with E-state index in [1.807, 2.05) is 32.0 Å². The van der Waals surface area contributed by atoms with E-state index >= 15 is 0 Å². The Balaban J connectivity index is 1.80. The van der Waals surface area contributed by atoms with E-state index in [4.69, 9.17) is 16.9 Å². The second-order valence-electron chi connectivity index (χ2n) is 6.86. The molecule has 0 fully saturated rings. The van der Waals surface area contributed by atoms with Crippen LogP contribution in [0.5, 0.6) is 0 Å². The SMILES string of the molecule is CC(C)Cn1c(SCC(=O)Nc2ccc(C#N)c(Cl)c2)nc2ccccc2c1=O. The van der Waals surface area contributed by atoms with Crippen LogP contribution in [0, 0.1) is 17.2 Å². The highest BCUT2D eigenvalue weighted by atomic mass is 35.5. The van der Waals surface area contributed by atoms with Crippen LogP contribution in [0.2, 0.25) is 5.02 Å². The highest BCUT2D eigenvalue weighted by Crippen LogP contribution is 2.22. The molecule has 0 unspecified atom stereocenters. The van der Waals surface area contributed by atoms with Crippen molar-refractivity contribution >= 4 is 45.9 Å². The molecule has 0 radical (unpaired) electrons. The molecule has 29 heavy (non-hydrogen) atoms. The monoisotopic (exact) mass is 426 g/mol. The molecule has 1 amide bonds. The number of carbonyl (C=O) groups is 1. The maximum atomic E-state index is 12.9. The van der Waals surface area contributed by atoms with Crippen molar-refractivity contribution in [2.45, 2.75) is 25.5 Å². The lowest BCUT2D eigenvalue weighted by molar-refractivity contribution is -0.113. The number of nitrogens with one attached hydrogen (secondary N) is 1. The minimum absolute atomic E-state index is 0.0838. The van der Waals surface area contributed by atoms with Gasteiger partial charge in [0.05, 0.1) is 27.2 Å². The van der Waals surface area contributed by atoms with E-state index in [1.165, 1.54) is 17.8 Å². The molecular weight excluding hydrogens is 408 g/mol. The molecule has 0 aliphatic heterocycles. The van der Waals surface area contributed by atoms with Gasteiger partial charge in [-0.1, -0.05) is 49.3 Å². The van der Waals surface area contributed by atoms with Gasteiger partial charge in [-0.05, 0) is 36.2 Å². The van der Waals surface area contributed by atoms with Crippen molar-refractivity contribution in [3.8, 4) is 6.07 Å². The van der Waals surface area contributed by atoms with E-state index in [-0.39, 0.29) is 28.2 Å². The number of benzene rings is 2. The van der Waals surface area contributed by atoms with Gasteiger partial charge in [-0.25, -0.2) is 4.98 Å². The van der Waals surface area contributed by atoms with E-state index < -0.39 is 0 Å². The van der Waals surface area contributed by atoms with Gasteiger partial charge >= 0.3 is 0 Å². The Morgan fingerprint density at radius 2 is 2.07 bits per heavy atom. The molecule has 2 aromatic carbocycles. The van der Waals surface area contributed by atoms with Crippen LogP contribution in [-0.4, -0.2) is 21.2 Å². The Hall–Kier alpha value is -2.82. The second kappa shape index (κ2) is 9.12. The Labute approximate surface area is 177 Å². The summed E-state index contributed by atoms with van der Waals surface area (Å²) in [6, 6.07) is 13.9. The molecule has 148 valence electrons. The average molecular weight is 427 g/mol. The van der Waals surface area contributed by atoms with Gasteiger partial charge in [0.25, 0.3) is 5.56 Å². The molecule has 1 aromatic heterocycles. The fraction of sp³-hybridized carbons (Fsp3) is 0.238. The van der Waals surface area contributed by atoms with Crippen LogP contribution in [0.25, 0.3) is 10.9 Å². The Kier molecular flexibility index (Phi) is 6.57. The third-order valence-corrected chi connectivity index (χ3v) is 5.37. The van der Waals surface area contributed by atoms with Gasteiger partial charge in [0.15, 0.2) is 5.16 Å². The Bertz CT molecular complexity index is 1170. The molecule has 3 aromatic rings. The van der Waals surface area contributed by atoms with Crippen LogP contribution in [0.3, 0.4) is 0 Å². The van der Waals surface area contributed by atoms with Crippen LogP contribution < -0.4 is 10.9 Å². The largest absolute Gasteiger partial charge is 0.325 e. The molecular formula is C21H19ClN4O2S. The van der Waals surface area contributed by atoms with E-state index in [0.717, 1.165) is 0 Å². The molecule has 0 spiro atoms. The van der Waals surface area contributed by atoms with Crippen molar-refractivity contribution in [1.82, 2.24) is 9.55 Å². The molecule has 3 rings (SSSR count). The lowest BCUT2D eigenvalue weighted by Crippen LogP contribution is -2.26. The zero-order chi connectivity index (χ0) is 21.0. The number of nitrogens with zero attached hydrogens (tertiary/aromatic N) is 3. The quantitative estimate of drug-likeness (QED) is 0.468. The first-order chi connectivity index (χ1) is 13.9. The van der Waals surface area contributed by atoms with Crippen molar-refractivity contribution in [2.75, 3.05) is 11.1 Å². The lowest BCUT2D eigenvalue weighted by atomic mass is 10.2. The number of hydrogen-bond donors (Lipinski definition) is 1. The number of aromatic nitrogens is 2. The van der Waals surface area contributed by atoms with Crippen LogP contribution in [0.1, 0.15) is 19.4 Å². The number of thioether (sulfide) groups is 1. The number of carbonyl (C=O) groups excluding carboxylic acids is 1. The number of hydrogen-bond acceptors (Lipinski definition) is 5. The standard InChI is InChI=1S/C21H19ClN4O2S/c1-13(2)11-26-20(28)16-5-3-4-6-18(16)25-21(26)29-12-19(27)24-15-8-7-14(10-23)17(22)9-15/h3-9,13H,11-12H2,1-2H3,(H,24,27). The second-order valence-corrected chi connectivity index (χ2v) is 8.21. The van der Waals surface area contributed by atoms with E-state index in [0.29, 0.717) is 33.9 Å². The van der Waals surface area contributed by atoms with Crippen LogP contribution in [-0.2, 0) is 11.3 Å².